The first-order chi connectivity index (χ1) is 5.15. The third-order valence-electron chi connectivity index (χ3n) is 1.48. The molecule has 0 spiro atoms. The lowest BCUT2D eigenvalue weighted by Gasteiger charge is -2.04. The number of rotatable bonds is 1. The molecule has 0 aliphatic rings. The molecule has 0 aliphatic carbocycles. The van der Waals surface area contributed by atoms with Gasteiger partial charge in [-0.25, -0.2) is 0 Å². The summed E-state index contributed by atoms with van der Waals surface area (Å²) in [5, 5.41) is 0. The van der Waals surface area contributed by atoms with Gasteiger partial charge in [-0.15, -0.1) is 11.8 Å². The highest BCUT2D eigenvalue weighted by molar-refractivity contribution is 9.11. The van der Waals surface area contributed by atoms with Crippen LogP contribution in [0.5, 0.6) is 0 Å². The monoisotopic (exact) mass is 294 g/mol. The zero-order chi connectivity index (χ0) is 8.43. The summed E-state index contributed by atoms with van der Waals surface area (Å²) in [4.78, 5) is 1.31. The van der Waals surface area contributed by atoms with Gasteiger partial charge in [0.25, 0.3) is 0 Å². The van der Waals surface area contributed by atoms with Gasteiger partial charge in [-0.3, -0.25) is 0 Å². The summed E-state index contributed by atoms with van der Waals surface area (Å²) in [5.41, 5.74) is 1.31. The van der Waals surface area contributed by atoms with Crippen LogP contribution in [0.4, 0.5) is 0 Å². The molecule has 0 unspecified atom stereocenters. The second-order valence-electron chi connectivity index (χ2n) is 2.21. The molecule has 0 heterocycles. The minimum absolute atomic E-state index is 1.12. The van der Waals surface area contributed by atoms with Crippen molar-refractivity contribution in [3.63, 3.8) is 0 Å². The van der Waals surface area contributed by atoms with E-state index in [4.69, 9.17) is 0 Å². The number of thioether (sulfide) groups is 1. The van der Waals surface area contributed by atoms with E-state index in [2.05, 4.69) is 57.2 Å². The number of benzene rings is 1. The molecular weight excluding hydrogens is 288 g/mol. The lowest BCUT2D eigenvalue weighted by molar-refractivity contribution is 1.27. The van der Waals surface area contributed by atoms with E-state index in [-0.39, 0.29) is 0 Å². The van der Waals surface area contributed by atoms with E-state index in [1.807, 2.05) is 0 Å². The standard InChI is InChI=1S/C8H8Br2S/c1-5-7(10)3-6(9)4-8(5)11-2/h3-4H,1-2H3. The molecule has 0 atom stereocenters. The van der Waals surface area contributed by atoms with Gasteiger partial charge in [-0.1, -0.05) is 31.9 Å². The van der Waals surface area contributed by atoms with Gasteiger partial charge >= 0.3 is 0 Å². The first-order valence-electron chi connectivity index (χ1n) is 3.15. The Morgan fingerprint density at radius 1 is 1.27 bits per heavy atom. The molecule has 11 heavy (non-hydrogen) atoms. The van der Waals surface area contributed by atoms with E-state index in [0.717, 1.165) is 8.95 Å². The molecule has 0 bridgehead atoms. The van der Waals surface area contributed by atoms with Gasteiger partial charge in [-0.2, -0.15) is 0 Å². The van der Waals surface area contributed by atoms with Crippen LogP contribution in [0, 0.1) is 6.92 Å². The van der Waals surface area contributed by atoms with E-state index in [1.54, 1.807) is 11.8 Å². The molecule has 0 saturated heterocycles. The van der Waals surface area contributed by atoms with Crippen molar-refractivity contribution in [2.45, 2.75) is 11.8 Å². The summed E-state index contributed by atoms with van der Waals surface area (Å²) < 4.78 is 2.29. The SMILES string of the molecule is CSc1cc(Br)cc(Br)c1C. The van der Waals surface area contributed by atoms with Crippen LogP contribution in [0.25, 0.3) is 0 Å². The summed E-state index contributed by atoms with van der Waals surface area (Å²) >= 11 is 8.70. The van der Waals surface area contributed by atoms with Gasteiger partial charge in [0, 0.05) is 13.8 Å². The van der Waals surface area contributed by atoms with Crippen molar-refractivity contribution in [1.29, 1.82) is 0 Å². The Balaban J connectivity index is 3.24. The van der Waals surface area contributed by atoms with E-state index in [0.29, 0.717) is 0 Å². The molecule has 1 aromatic rings. The Hall–Kier alpha value is 0.530. The molecule has 0 aliphatic heterocycles. The van der Waals surface area contributed by atoms with Crippen molar-refractivity contribution >= 4 is 43.6 Å². The van der Waals surface area contributed by atoms with Gasteiger partial charge in [0.1, 0.15) is 0 Å². The molecule has 1 rings (SSSR count). The average Bonchev–Trinajstić information content (AvgIpc) is 1.96. The maximum atomic E-state index is 3.49. The number of hydrogen-bond donors (Lipinski definition) is 0. The summed E-state index contributed by atoms with van der Waals surface area (Å²) in [6, 6.07) is 4.19. The maximum Gasteiger partial charge on any atom is 0.0226 e. The topological polar surface area (TPSA) is 0 Å². The Morgan fingerprint density at radius 2 is 1.91 bits per heavy atom. The maximum absolute atomic E-state index is 3.49. The Bertz CT molecular complexity index is 271. The van der Waals surface area contributed by atoms with Crippen LogP contribution in [-0.4, -0.2) is 6.26 Å². The zero-order valence-electron chi connectivity index (χ0n) is 6.32. The predicted molar refractivity (Wildman–Crippen MR) is 58.4 cm³/mol. The van der Waals surface area contributed by atoms with Gasteiger partial charge in [0.05, 0.1) is 0 Å². The van der Waals surface area contributed by atoms with Crippen molar-refractivity contribution in [2.24, 2.45) is 0 Å². The first-order valence-corrected chi connectivity index (χ1v) is 5.96. The Kier molecular flexibility index (Phi) is 3.47. The van der Waals surface area contributed by atoms with Crippen LogP contribution in [0.3, 0.4) is 0 Å². The molecule has 0 amide bonds. The Labute approximate surface area is 88.0 Å². The molecule has 0 nitrogen and oxygen atoms in total. The largest absolute Gasteiger partial charge is 0.129 e. The van der Waals surface area contributed by atoms with Crippen LogP contribution in [0.1, 0.15) is 5.56 Å². The van der Waals surface area contributed by atoms with Crippen LogP contribution in [-0.2, 0) is 0 Å². The minimum atomic E-state index is 1.12. The second-order valence-corrected chi connectivity index (χ2v) is 4.83. The van der Waals surface area contributed by atoms with Crippen molar-refractivity contribution in [3.05, 3.63) is 26.6 Å². The van der Waals surface area contributed by atoms with Crippen molar-refractivity contribution in [3.8, 4) is 0 Å². The first kappa shape index (κ1) is 9.62. The average molecular weight is 296 g/mol. The van der Waals surface area contributed by atoms with Crippen LogP contribution < -0.4 is 0 Å². The highest BCUT2D eigenvalue weighted by Crippen LogP contribution is 2.30. The predicted octanol–water partition coefficient (Wildman–Crippen LogP) is 4.24. The third kappa shape index (κ3) is 2.23. The van der Waals surface area contributed by atoms with E-state index >= 15 is 0 Å². The zero-order valence-corrected chi connectivity index (χ0v) is 10.3. The molecule has 0 radical (unpaired) electrons. The highest BCUT2D eigenvalue weighted by atomic mass is 79.9. The smallest absolute Gasteiger partial charge is 0.0226 e. The van der Waals surface area contributed by atoms with Crippen molar-refractivity contribution in [1.82, 2.24) is 0 Å². The lowest BCUT2D eigenvalue weighted by atomic mass is 10.2. The van der Waals surface area contributed by atoms with E-state index in [1.165, 1.54) is 10.5 Å². The quantitative estimate of drug-likeness (QED) is 0.698. The molecule has 0 N–H and O–H groups in total. The van der Waals surface area contributed by atoms with Gasteiger partial charge in [0.2, 0.25) is 0 Å². The highest BCUT2D eigenvalue weighted by Gasteiger charge is 2.01. The molecule has 0 saturated carbocycles. The van der Waals surface area contributed by atoms with Gasteiger partial charge in [0.15, 0.2) is 0 Å². The molecule has 1 aromatic carbocycles. The summed E-state index contributed by atoms with van der Waals surface area (Å²) in [6.45, 7) is 2.11. The fraction of sp³-hybridized carbons (Fsp3) is 0.250. The minimum Gasteiger partial charge on any atom is -0.129 e. The number of hydrogen-bond acceptors (Lipinski definition) is 1. The third-order valence-corrected chi connectivity index (χ3v) is 3.63. The van der Waals surface area contributed by atoms with Crippen molar-refractivity contribution < 1.29 is 0 Å². The number of halogens is 2. The van der Waals surface area contributed by atoms with E-state index < -0.39 is 0 Å². The van der Waals surface area contributed by atoms with Crippen LogP contribution >= 0.6 is 43.6 Å². The molecule has 3 heteroatoms. The van der Waals surface area contributed by atoms with Gasteiger partial charge in [-0.05, 0) is 30.9 Å². The molecular formula is C8H8Br2S. The Morgan fingerprint density at radius 3 is 2.45 bits per heavy atom. The molecule has 0 aromatic heterocycles. The van der Waals surface area contributed by atoms with Crippen LogP contribution in [0.15, 0.2) is 26.0 Å². The van der Waals surface area contributed by atoms with Gasteiger partial charge < -0.3 is 0 Å². The fourth-order valence-corrected chi connectivity index (χ4v) is 3.00. The molecule has 0 fully saturated rings. The summed E-state index contributed by atoms with van der Waals surface area (Å²) in [6.07, 6.45) is 2.08. The summed E-state index contributed by atoms with van der Waals surface area (Å²) in [7, 11) is 0. The normalized spacial score (nSPS) is 10.2. The summed E-state index contributed by atoms with van der Waals surface area (Å²) in [5.74, 6) is 0. The molecule has 60 valence electrons. The van der Waals surface area contributed by atoms with Crippen LogP contribution in [0.2, 0.25) is 0 Å². The lowest BCUT2D eigenvalue weighted by Crippen LogP contribution is -1.80. The fourth-order valence-electron chi connectivity index (χ4n) is 0.834. The van der Waals surface area contributed by atoms with E-state index in [9.17, 15) is 0 Å². The second kappa shape index (κ2) is 3.97. The van der Waals surface area contributed by atoms with Crippen molar-refractivity contribution in [2.75, 3.05) is 6.26 Å².